The molecular formula is C18H28F2IN3O4. The van der Waals surface area contributed by atoms with Gasteiger partial charge in [0.05, 0.1) is 6.54 Å². The van der Waals surface area contributed by atoms with Crippen LogP contribution in [0.2, 0.25) is 0 Å². The number of guanidine groups is 1. The predicted molar refractivity (Wildman–Crippen MR) is 113 cm³/mol. The Balaban J connectivity index is 0.00000392. The summed E-state index contributed by atoms with van der Waals surface area (Å²) in [6.45, 7) is 4.09. The highest BCUT2D eigenvalue weighted by Gasteiger charge is 2.20. The molecule has 1 aromatic rings. The van der Waals surface area contributed by atoms with Crippen molar-refractivity contribution in [2.45, 2.75) is 39.8 Å². The largest absolute Gasteiger partial charge is 0.454 e. The zero-order valence-corrected chi connectivity index (χ0v) is 18.5. The first kappa shape index (κ1) is 24.5. The highest BCUT2D eigenvalue weighted by molar-refractivity contribution is 14.0. The summed E-state index contributed by atoms with van der Waals surface area (Å²) in [5, 5.41) is 6.35. The SMILES string of the molecule is CCNC(=NCc1cc2c(cc1OC(F)F)OCO2)NCCCCOCC.I. The average Bonchev–Trinajstić information content (AvgIpc) is 3.09. The maximum Gasteiger partial charge on any atom is 0.387 e. The maximum absolute atomic E-state index is 12.7. The summed E-state index contributed by atoms with van der Waals surface area (Å²) in [6.07, 6.45) is 1.89. The number of aliphatic imine (C=N–C) groups is 1. The highest BCUT2D eigenvalue weighted by atomic mass is 127. The molecule has 7 nitrogen and oxygen atoms in total. The Bertz CT molecular complexity index is 621. The Labute approximate surface area is 181 Å². The topological polar surface area (TPSA) is 73.3 Å². The predicted octanol–water partition coefficient (Wildman–Crippen LogP) is 3.51. The number of ether oxygens (including phenoxy) is 4. The second-order valence-electron chi connectivity index (χ2n) is 5.72. The molecule has 1 aliphatic heterocycles. The van der Waals surface area contributed by atoms with Crippen molar-refractivity contribution in [3.05, 3.63) is 17.7 Å². The number of rotatable bonds is 11. The van der Waals surface area contributed by atoms with Crippen LogP contribution in [-0.4, -0.2) is 45.7 Å². The van der Waals surface area contributed by atoms with Crippen LogP contribution in [0.3, 0.4) is 0 Å². The number of nitrogens with zero attached hydrogens (tertiary/aromatic N) is 1. The van der Waals surface area contributed by atoms with E-state index in [1.165, 1.54) is 6.07 Å². The van der Waals surface area contributed by atoms with Crippen molar-refractivity contribution in [1.82, 2.24) is 10.6 Å². The van der Waals surface area contributed by atoms with Crippen LogP contribution in [0.1, 0.15) is 32.3 Å². The van der Waals surface area contributed by atoms with Crippen molar-refractivity contribution in [1.29, 1.82) is 0 Å². The Morgan fingerprint density at radius 2 is 1.93 bits per heavy atom. The van der Waals surface area contributed by atoms with E-state index in [1.54, 1.807) is 6.07 Å². The van der Waals surface area contributed by atoms with E-state index < -0.39 is 6.61 Å². The molecule has 28 heavy (non-hydrogen) atoms. The molecule has 0 saturated carbocycles. The van der Waals surface area contributed by atoms with Gasteiger partial charge in [0.25, 0.3) is 0 Å². The third-order valence-corrected chi connectivity index (χ3v) is 3.74. The quantitative estimate of drug-likeness (QED) is 0.204. The molecular weight excluding hydrogens is 487 g/mol. The van der Waals surface area contributed by atoms with Gasteiger partial charge >= 0.3 is 6.61 Å². The van der Waals surface area contributed by atoms with Crippen molar-refractivity contribution in [2.75, 3.05) is 33.1 Å². The van der Waals surface area contributed by atoms with Gasteiger partial charge in [0.2, 0.25) is 6.79 Å². The van der Waals surface area contributed by atoms with Crippen molar-refractivity contribution in [3.63, 3.8) is 0 Å². The number of hydrogen-bond donors (Lipinski definition) is 2. The van der Waals surface area contributed by atoms with Crippen LogP contribution < -0.4 is 24.8 Å². The summed E-state index contributed by atoms with van der Waals surface area (Å²) in [5.41, 5.74) is 0.494. The first-order valence-corrected chi connectivity index (χ1v) is 9.11. The van der Waals surface area contributed by atoms with Gasteiger partial charge in [-0.25, -0.2) is 4.99 Å². The average molecular weight is 515 g/mol. The summed E-state index contributed by atoms with van der Waals surface area (Å²) in [4.78, 5) is 4.45. The Morgan fingerprint density at radius 1 is 1.18 bits per heavy atom. The second kappa shape index (κ2) is 13.6. The number of hydrogen-bond acceptors (Lipinski definition) is 5. The van der Waals surface area contributed by atoms with Crippen LogP contribution in [0.15, 0.2) is 17.1 Å². The molecule has 0 radical (unpaired) electrons. The molecule has 1 heterocycles. The number of unbranched alkanes of at least 4 members (excludes halogenated alkanes) is 1. The minimum absolute atomic E-state index is 0. The van der Waals surface area contributed by atoms with Crippen molar-refractivity contribution < 1.29 is 27.7 Å². The minimum atomic E-state index is -2.93. The third kappa shape index (κ3) is 8.21. The van der Waals surface area contributed by atoms with Crippen LogP contribution in [0.25, 0.3) is 0 Å². The fourth-order valence-electron chi connectivity index (χ4n) is 2.48. The lowest BCUT2D eigenvalue weighted by atomic mass is 10.1. The third-order valence-electron chi connectivity index (χ3n) is 3.74. The molecule has 160 valence electrons. The van der Waals surface area contributed by atoms with Gasteiger partial charge in [-0.05, 0) is 32.8 Å². The van der Waals surface area contributed by atoms with Gasteiger partial charge in [-0.1, -0.05) is 0 Å². The summed E-state index contributed by atoms with van der Waals surface area (Å²) >= 11 is 0. The summed E-state index contributed by atoms with van der Waals surface area (Å²) in [7, 11) is 0. The van der Waals surface area contributed by atoms with E-state index in [9.17, 15) is 8.78 Å². The molecule has 0 saturated heterocycles. The normalized spacial score (nSPS) is 12.7. The minimum Gasteiger partial charge on any atom is -0.454 e. The van der Waals surface area contributed by atoms with Crippen LogP contribution in [0.4, 0.5) is 8.78 Å². The van der Waals surface area contributed by atoms with Gasteiger partial charge in [-0.2, -0.15) is 8.78 Å². The molecule has 0 bridgehead atoms. The molecule has 2 N–H and O–H groups in total. The standard InChI is InChI=1S/C18H27F2N3O4.HI/c1-3-21-18(22-7-5-6-8-24-4-2)23-11-13-9-15-16(26-12-25-15)10-14(13)27-17(19)20;/h9-10,17H,3-8,11-12H2,1-2H3,(H2,21,22,23);1H. The van der Waals surface area contributed by atoms with Crippen molar-refractivity contribution in [2.24, 2.45) is 4.99 Å². The van der Waals surface area contributed by atoms with Crippen LogP contribution in [0.5, 0.6) is 17.2 Å². The summed E-state index contributed by atoms with van der Waals surface area (Å²) in [5.74, 6) is 1.52. The van der Waals surface area contributed by atoms with Gasteiger partial charge in [0.1, 0.15) is 5.75 Å². The van der Waals surface area contributed by atoms with E-state index in [0.717, 1.165) is 32.6 Å². The number of alkyl halides is 2. The fourth-order valence-corrected chi connectivity index (χ4v) is 2.48. The second-order valence-corrected chi connectivity index (χ2v) is 5.72. The molecule has 2 rings (SSSR count). The molecule has 0 unspecified atom stereocenters. The van der Waals surface area contributed by atoms with Crippen molar-refractivity contribution >= 4 is 29.9 Å². The lowest BCUT2D eigenvalue weighted by molar-refractivity contribution is -0.0505. The molecule has 0 atom stereocenters. The maximum atomic E-state index is 12.7. The van der Waals surface area contributed by atoms with E-state index in [2.05, 4.69) is 20.4 Å². The molecule has 0 aliphatic carbocycles. The van der Waals surface area contributed by atoms with Gasteiger partial charge in [-0.15, -0.1) is 24.0 Å². The summed E-state index contributed by atoms with van der Waals surface area (Å²) < 4.78 is 45.8. The van der Waals surface area contributed by atoms with Gasteiger partial charge in [0.15, 0.2) is 17.5 Å². The van der Waals surface area contributed by atoms with E-state index in [-0.39, 0.29) is 43.1 Å². The van der Waals surface area contributed by atoms with Gasteiger partial charge < -0.3 is 29.6 Å². The fraction of sp³-hybridized carbons (Fsp3) is 0.611. The summed E-state index contributed by atoms with van der Waals surface area (Å²) in [6, 6.07) is 3.03. The zero-order valence-electron chi connectivity index (χ0n) is 16.1. The number of fused-ring (bicyclic) bond motifs is 1. The van der Waals surface area contributed by atoms with E-state index >= 15 is 0 Å². The lowest BCUT2D eigenvalue weighted by Crippen LogP contribution is -2.37. The Kier molecular flexibility index (Phi) is 11.9. The van der Waals surface area contributed by atoms with Gasteiger partial charge in [-0.3, -0.25) is 0 Å². The molecule has 0 aromatic heterocycles. The molecule has 1 aromatic carbocycles. The van der Waals surface area contributed by atoms with E-state index in [1.807, 2.05) is 13.8 Å². The van der Waals surface area contributed by atoms with Crippen molar-refractivity contribution in [3.8, 4) is 17.2 Å². The van der Waals surface area contributed by atoms with Gasteiger partial charge in [0, 0.05) is 37.9 Å². The monoisotopic (exact) mass is 515 g/mol. The first-order chi connectivity index (χ1) is 13.1. The molecule has 10 heteroatoms. The molecule has 0 fully saturated rings. The first-order valence-electron chi connectivity index (χ1n) is 9.11. The van der Waals surface area contributed by atoms with Crippen LogP contribution in [0, 0.1) is 0 Å². The Morgan fingerprint density at radius 3 is 2.61 bits per heavy atom. The number of nitrogens with one attached hydrogen (secondary N) is 2. The van der Waals surface area contributed by atoms with Crippen LogP contribution >= 0.6 is 24.0 Å². The highest BCUT2D eigenvalue weighted by Crippen LogP contribution is 2.38. The Hall–Kier alpha value is -1.56. The molecule has 0 amide bonds. The van der Waals surface area contributed by atoms with E-state index in [4.69, 9.17) is 14.2 Å². The van der Waals surface area contributed by atoms with E-state index in [0.29, 0.717) is 29.6 Å². The molecule has 1 aliphatic rings. The van der Waals surface area contributed by atoms with Crippen LogP contribution in [-0.2, 0) is 11.3 Å². The lowest BCUT2D eigenvalue weighted by Gasteiger charge is -2.13. The smallest absolute Gasteiger partial charge is 0.387 e. The number of halogens is 3. The zero-order chi connectivity index (χ0) is 19.5. The number of benzene rings is 1. The molecule has 0 spiro atoms.